The molecule has 0 aromatic rings. The summed E-state index contributed by atoms with van der Waals surface area (Å²) in [4.78, 5) is 12.1. The van der Waals surface area contributed by atoms with E-state index < -0.39 is 0 Å². The van der Waals surface area contributed by atoms with Crippen LogP contribution in [-0.4, -0.2) is 12.1 Å². The Kier molecular flexibility index (Phi) is 9.69. The lowest BCUT2D eigenvalue weighted by Crippen LogP contribution is -2.34. The minimum atomic E-state index is -0.270. The van der Waals surface area contributed by atoms with Crippen LogP contribution in [0.3, 0.4) is 0 Å². The van der Waals surface area contributed by atoms with Gasteiger partial charge in [-0.3, -0.25) is 0 Å². The van der Waals surface area contributed by atoms with Crippen LogP contribution in [0, 0.1) is 17.3 Å². The van der Waals surface area contributed by atoms with E-state index in [2.05, 4.69) is 34.3 Å². The maximum absolute atomic E-state index is 12.1. The molecule has 0 bridgehead atoms. The van der Waals surface area contributed by atoms with Crippen molar-refractivity contribution in [2.45, 2.75) is 79.2 Å². The van der Waals surface area contributed by atoms with Gasteiger partial charge in [0, 0.05) is 6.08 Å². The molecule has 1 aliphatic rings. The summed E-state index contributed by atoms with van der Waals surface area (Å²) in [6, 6.07) is 0. The fraction of sp³-hybridized carbons (Fsp3) is 0.625. The van der Waals surface area contributed by atoms with Gasteiger partial charge in [-0.15, -0.1) is 0 Å². The number of carbonyl (C=O) groups is 1. The Morgan fingerprint density at radius 3 is 2.62 bits per heavy atom. The first-order valence-electron chi connectivity index (χ1n) is 10.2. The molecular weight excluding hydrogens is 320 g/mol. The number of allylic oxidation sites excluding steroid dienone is 6. The van der Waals surface area contributed by atoms with Crippen LogP contribution in [0.1, 0.15) is 73.1 Å². The summed E-state index contributed by atoms with van der Waals surface area (Å²) in [5.74, 6) is 1.21. The van der Waals surface area contributed by atoms with Crippen LogP contribution in [0.4, 0.5) is 0 Å². The third kappa shape index (κ3) is 7.76. The summed E-state index contributed by atoms with van der Waals surface area (Å²) < 4.78 is 5.67. The summed E-state index contributed by atoms with van der Waals surface area (Å²) in [5.41, 5.74) is 1.18. The Bertz CT molecular complexity index is 536. The molecule has 0 aliphatic heterocycles. The van der Waals surface area contributed by atoms with Gasteiger partial charge in [-0.1, -0.05) is 71.4 Å². The van der Waals surface area contributed by atoms with Gasteiger partial charge in [0.15, 0.2) is 0 Å². The van der Waals surface area contributed by atoms with Gasteiger partial charge in [-0.25, -0.2) is 4.79 Å². The van der Waals surface area contributed by atoms with Gasteiger partial charge < -0.3 is 4.74 Å². The average molecular weight is 359 g/mol. The topological polar surface area (TPSA) is 26.3 Å². The smallest absolute Gasteiger partial charge is 0.331 e. The van der Waals surface area contributed by atoms with Crippen LogP contribution < -0.4 is 0 Å². The predicted octanol–water partition coefficient (Wildman–Crippen LogP) is 6.80. The largest absolute Gasteiger partial charge is 0.459 e. The van der Waals surface area contributed by atoms with E-state index in [0.717, 1.165) is 36.7 Å². The van der Waals surface area contributed by atoms with Crippen molar-refractivity contribution in [2.24, 2.45) is 17.3 Å². The summed E-state index contributed by atoms with van der Waals surface area (Å²) >= 11 is 0. The molecule has 2 nitrogen and oxygen atoms in total. The molecule has 1 rings (SSSR count). The van der Waals surface area contributed by atoms with Gasteiger partial charge >= 0.3 is 5.97 Å². The Morgan fingerprint density at radius 1 is 1.27 bits per heavy atom. The van der Waals surface area contributed by atoms with E-state index in [4.69, 9.17) is 4.74 Å². The van der Waals surface area contributed by atoms with E-state index in [9.17, 15) is 4.79 Å². The monoisotopic (exact) mass is 358 g/mol. The first-order chi connectivity index (χ1) is 12.3. The molecule has 0 spiro atoms. The normalized spacial score (nSPS) is 24.3. The van der Waals surface area contributed by atoms with Crippen molar-refractivity contribution < 1.29 is 9.53 Å². The van der Waals surface area contributed by atoms with Crippen LogP contribution >= 0.6 is 0 Å². The van der Waals surface area contributed by atoms with Crippen molar-refractivity contribution in [3.63, 3.8) is 0 Å². The zero-order chi connectivity index (χ0) is 19.6. The molecule has 0 heterocycles. The highest BCUT2D eigenvalue weighted by Crippen LogP contribution is 2.46. The van der Waals surface area contributed by atoms with Crippen molar-refractivity contribution in [2.75, 3.05) is 0 Å². The third-order valence-electron chi connectivity index (χ3n) is 5.76. The minimum absolute atomic E-state index is 0.00362. The molecule has 26 heavy (non-hydrogen) atoms. The van der Waals surface area contributed by atoms with Gasteiger partial charge in [0.2, 0.25) is 0 Å². The lowest BCUT2D eigenvalue weighted by atomic mass is 9.62. The highest BCUT2D eigenvalue weighted by molar-refractivity contribution is 5.82. The number of carbonyl (C=O) groups excluding carboxylic acids is 1. The van der Waals surface area contributed by atoms with Crippen molar-refractivity contribution >= 4 is 5.97 Å². The van der Waals surface area contributed by atoms with E-state index in [1.54, 1.807) is 6.08 Å². The van der Waals surface area contributed by atoms with Crippen LogP contribution in [-0.2, 0) is 9.53 Å². The SMILES string of the molecule is C=C(/C=C\C=C/C)/C=C/C(=O)OC(CC)CC[C@@H]1[C@@H](C)CCCC1(C)C. The highest BCUT2D eigenvalue weighted by Gasteiger charge is 2.36. The molecular formula is C24H38O2. The first kappa shape index (κ1) is 22.5. The number of esters is 1. The zero-order valence-corrected chi connectivity index (χ0v) is 17.5. The number of ether oxygens (including phenoxy) is 1. The third-order valence-corrected chi connectivity index (χ3v) is 5.76. The van der Waals surface area contributed by atoms with Gasteiger partial charge in [0.1, 0.15) is 6.10 Å². The number of hydrogen-bond donors (Lipinski definition) is 0. The van der Waals surface area contributed by atoms with Crippen molar-refractivity contribution in [3.05, 3.63) is 48.6 Å². The van der Waals surface area contributed by atoms with Crippen LogP contribution in [0.5, 0.6) is 0 Å². The lowest BCUT2D eigenvalue weighted by molar-refractivity contribution is -0.143. The Morgan fingerprint density at radius 2 is 2.00 bits per heavy atom. The summed E-state index contributed by atoms with van der Waals surface area (Å²) in [7, 11) is 0. The quantitative estimate of drug-likeness (QED) is 0.257. The molecule has 1 fully saturated rings. The maximum Gasteiger partial charge on any atom is 0.331 e. The molecule has 0 N–H and O–H groups in total. The fourth-order valence-corrected chi connectivity index (χ4v) is 4.15. The fourth-order valence-electron chi connectivity index (χ4n) is 4.15. The number of rotatable bonds is 9. The maximum atomic E-state index is 12.1. The van der Waals surface area contributed by atoms with Gasteiger partial charge in [0.05, 0.1) is 0 Å². The molecule has 0 radical (unpaired) electrons. The van der Waals surface area contributed by atoms with E-state index in [-0.39, 0.29) is 12.1 Å². The Balaban J connectivity index is 2.51. The van der Waals surface area contributed by atoms with Crippen molar-refractivity contribution in [1.29, 1.82) is 0 Å². The zero-order valence-electron chi connectivity index (χ0n) is 17.5. The first-order valence-corrected chi connectivity index (χ1v) is 10.2. The van der Waals surface area contributed by atoms with Crippen molar-refractivity contribution in [3.8, 4) is 0 Å². The lowest BCUT2D eigenvalue weighted by Gasteiger charge is -2.43. The average Bonchev–Trinajstić information content (AvgIpc) is 2.58. The van der Waals surface area contributed by atoms with E-state index in [0.29, 0.717) is 5.41 Å². The number of hydrogen-bond acceptors (Lipinski definition) is 2. The second kappa shape index (κ2) is 11.2. The van der Waals surface area contributed by atoms with Crippen LogP contribution in [0.2, 0.25) is 0 Å². The molecule has 0 amide bonds. The molecule has 2 heteroatoms. The molecule has 0 aromatic carbocycles. The predicted molar refractivity (Wildman–Crippen MR) is 112 cm³/mol. The summed E-state index contributed by atoms with van der Waals surface area (Å²) in [6.45, 7) is 15.1. The second-order valence-corrected chi connectivity index (χ2v) is 8.30. The van der Waals surface area contributed by atoms with Gasteiger partial charge in [-0.05, 0) is 61.5 Å². The summed E-state index contributed by atoms with van der Waals surface area (Å²) in [6.07, 6.45) is 17.8. The molecule has 0 aromatic heterocycles. The molecule has 3 atom stereocenters. The van der Waals surface area contributed by atoms with E-state index in [1.165, 1.54) is 25.3 Å². The van der Waals surface area contributed by atoms with E-state index >= 15 is 0 Å². The van der Waals surface area contributed by atoms with Gasteiger partial charge in [-0.2, -0.15) is 0 Å². The molecule has 1 aliphatic carbocycles. The van der Waals surface area contributed by atoms with Crippen molar-refractivity contribution in [1.82, 2.24) is 0 Å². The molecule has 1 saturated carbocycles. The van der Waals surface area contributed by atoms with Crippen LogP contribution in [0.15, 0.2) is 48.6 Å². The minimum Gasteiger partial charge on any atom is -0.459 e. The Hall–Kier alpha value is -1.57. The van der Waals surface area contributed by atoms with Crippen LogP contribution in [0.25, 0.3) is 0 Å². The standard InChI is InChI=1S/C24H38O2/c1-7-9-10-12-19(3)14-17-23(25)26-21(8-2)15-16-22-20(4)13-11-18-24(22,5)6/h7,9-10,12,14,17,20-22H,3,8,11,13,15-16,18H2,1-2,4-6H3/b9-7-,12-10-,17-14+/t20-,21?,22+/m0/s1. The Labute approximate surface area is 161 Å². The molecule has 146 valence electrons. The molecule has 1 unspecified atom stereocenters. The summed E-state index contributed by atoms with van der Waals surface area (Å²) in [5, 5.41) is 0. The van der Waals surface area contributed by atoms with Gasteiger partial charge in [0.25, 0.3) is 0 Å². The molecule has 0 saturated heterocycles. The van der Waals surface area contributed by atoms with E-state index in [1.807, 2.05) is 31.2 Å². The highest BCUT2D eigenvalue weighted by atomic mass is 16.5. The second-order valence-electron chi connectivity index (χ2n) is 8.30.